The molecule has 0 radical (unpaired) electrons. The molecule has 31 heavy (non-hydrogen) atoms. The molecule has 0 bridgehead atoms. The molecule has 5 heteroatoms. The minimum absolute atomic E-state index is 0.412. The maximum atomic E-state index is 10.8. The molecule has 0 aliphatic rings. The van der Waals surface area contributed by atoms with Gasteiger partial charge in [-0.15, -0.1) is 0 Å². The van der Waals surface area contributed by atoms with Crippen LogP contribution < -0.4 is 9.47 Å². The topological polar surface area (TPSA) is 68.7 Å². The summed E-state index contributed by atoms with van der Waals surface area (Å²) in [7, 11) is 0. The molecule has 0 fully saturated rings. The summed E-state index contributed by atoms with van der Waals surface area (Å²) in [5, 5.41) is 9.84. The van der Waals surface area contributed by atoms with Crippen molar-refractivity contribution >= 4 is 6.29 Å². The zero-order valence-electron chi connectivity index (χ0n) is 18.5. The van der Waals surface area contributed by atoms with Crippen LogP contribution in [0.1, 0.15) is 47.4 Å². The van der Waals surface area contributed by atoms with Gasteiger partial charge in [-0.2, -0.15) is 0 Å². The molecule has 0 amide bonds. The van der Waals surface area contributed by atoms with E-state index in [0.717, 1.165) is 40.0 Å². The number of aromatic nitrogens is 1. The van der Waals surface area contributed by atoms with Crippen molar-refractivity contribution in [2.45, 2.75) is 46.3 Å². The van der Waals surface area contributed by atoms with E-state index in [1.54, 1.807) is 38.1 Å². The van der Waals surface area contributed by atoms with Crippen LogP contribution in [-0.2, 0) is 6.61 Å². The lowest BCUT2D eigenvalue weighted by Crippen LogP contribution is -2.22. The van der Waals surface area contributed by atoms with E-state index in [4.69, 9.17) is 9.47 Å². The van der Waals surface area contributed by atoms with Crippen molar-refractivity contribution in [1.82, 2.24) is 4.98 Å². The van der Waals surface area contributed by atoms with Gasteiger partial charge in [0.1, 0.15) is 18.6 Å². The molecule has 1 aromatic heterocycles. The number of carbonyl (C=O) groups excluding carboxylic acids is 1. The van der Waals surface area contributed by atoms with Crippen LogP contribution in [0, 0.1) is 13.8 Å². The third-order valence-corrected chi connectivity index (χ3v) is 4.98. The van der Waals surface area contributed by atoms with Gasteiger partial charge in [0.15, 0.2) is 0 Å². The summed E-state index contributed by atoms with van der Waals surface area (Å²) < 4.78 is 11.6. The van der Waals surface area contributed by atoms with Gasteiger partial charge < -0.3 is 14.6 Å². The Balaban J connectivity index is 1.72. The van der Waals surface area contributed by atoms with Crippen LogP contribution in [0.5, 0.6) is 11.6 Å². The first-order valence-corrected chi connectivity index (χ1v) is 10.4. The molecule has 3 rings (SSSR count). The van der Waals surface area contributed by atoms with E-state index in [1.165, 1.54) is 0 Å². The summed E-state index contributed by atoms with van der Waals surface area (Å²) >= 11 is 0. The molecule has 3 aromatic rings. The van der Waals surface area contributed by atoms with E-state index < -0.39 is 5.60 Å². The number of ether oxygens (including phenoxy) is 2. The van der Waals surface area contributed by atoms with E-state index in [9.17, 15) is 9.90 Å². The van der Waals surface area contributed by atoms with E-state index in [0.29, 0.717) is 31.1 Å². The number of rotatable bonds is 9. The van der Waals surface area contributed by atoms with E-state index >= 15 is 0 Å². The first kappa shape index (κ1) is 22.5. The number of carbonyl (C=O) groups is 1. The van der Waals surface area contributed by atoms with E-state index in [1.807, 2.05) is 32.0 Å². The second kappa shape index (κ2) is 9.75. The number of aldehydes is 1. The smallest absolute Gasteiger partial charge is 0.213 e. The summed E-state index contributed by atoms with van der Waals surface area (Å²) in [6.45, 7) is 8.39. The Morgan fingerprint density at radius 1 is 1.03 bits per heavy atom. The Labute approximate surface area is 183 Å². The number of aryl methyl sites for hydroxylation is 2. The van der Waals surface area contributed by atoms with Crippen LogP contribution in [-0.4, -0.2) is 28.6 Å². The normalized spacial score (nSPS) is 11.3. The Morgan fingerprint density at radius 2 is 1.77 bits per heavy atom. The van der Waals surface area contributed by atoms with Crippen LogP contribution in [0.2, 0.25) is 0 Å². The van der Waals surface area contributed by atoms with Crippen molar-refractivity contribution in [2.75, 3.05) is 6.61 Å². The zero-order chi connectivity index (χ0) is 22.4. The molecular weight excluding hydrogens is 390 g/mol. The lowest BCUT2D eigenvalue weighted by Gasteiger charge is -2.18. The Morgan fingerprint density at radius 3 is 2.42 bits per heavy atom. The number of hydrogen-bond acceptors (Lipinski definition) is 5. The minimum atomic E-state index is -0.761. The highest BCUT2D eigenvalue weighted by Crippen LogP contribution is 2.30. The molecule has 0 spiro atoms. The molecule has 0 atom stereocenters. The van der Waals surface area contributed by atoms with Crippen molar-refractivity contribution in [3.05, 3.63) is 77.0 Å². The van der Waals surface area contributed by atoms with Crippen molar-refractivity contribution < 1.29 is 19.4 Å². The minimum Gasteiger partial charge on any atom is -0.489 e. The first-order chi connectivity index (χ1) is 14.7. The highest BCUT2D eigenvalue weighted by Gasteiger charge is 2.14. The number of benzene rings is 2. The largest absolute Gasteiger partial charge is 0.489 e. The number of hydrogen-bond donors (Lipinski definition) is 1. The lowest BCUT2D eigenvalue weighted by molar-refractivity contribution is 0.0546. The van der Waals surface area contributed by atoms with Crippen LogP contribution in [0.25, 0.3) is 11.1 Å². The van der Waals surface area contributed by atoms with Crippen molar-refractivity contribution in [3.63, 3.8) is 0 Å². The monoisotopic (exact) mass is 419 g/mol. The fourth-order valence-electron chi connectivity index (χ4n) is 3.34. The predicted octanol–water partition coefficient (Wildman–Crippen LogP) is 5.30. The van der Waals surface area contributed by atoms with Gasteiger partial charge in [0.05, 0.1) is 12.2 Å². The predicted molar refractivity (Wildman–Crippen MR) is 122 cm³/mol. The van der Waals surface area contributed by atoms with Gasteiger partial charge in [-0.25, -0.2) is 4.98 Å². The summed E-state index contributed by atoms with van der Waals surface area (Å²) in [6, 6.07) is 17.2. The quantitative estimate of drug-likeness (QED) is 0.477. The summed E-state index contributed by atoms with van der Waals surface area (Å²) in [5.74, 6) is 1.29. The maximum Gasteiger partial charge on any atom is 0.213 e. The summed E-state index contributed by atoms with van der Waals surface area (Å²) in [5.41, 5.74) is 5.02. The second-order valence-electron chi connectivity index (χ2n) is 8.32. The summed E-state index contributed by atoms with van der Waals surface area (Å²) in [4.78, 5) is 15.4. The number of aliphatic hydroxyl groups is 1. The third-order valence-electron chi connectivity index (χ3n) is 4.98. The maximum absolute atomic E-state index is 10.8. The molecule has 0 unspecified atom stereocenters. The standard InChI is InChI=1S/C26H29NO4/c1-18-14-24(30-13-12-26(3,4)29)27-19(2)25(18)22-7-5-6-21(15-22)17-31-23-10-8-20(16-28)9-11-23/h5-11,14-16,29H,12-13,17H2,1-4H3. The molecule has 1 N–H and O–H groups in total. The van der Waals surface area contributed by atoms with Crippen LogP contribution in [0.4, 0.5) is 0 Å². The Bertz CT molecular complexity index is 1010. The van der Waals surface area contributed by atoms with Crippen molar-refractivity contribution in [3.8, 4) is 22.8 Å². The van der Waals surface area contributed by atoms with E-state index in [2.05, 4.69) is 17.1 Å². The molecule has 0 saturated heterocycles. The van der Waals surface area contributed by atoms with Gasteiger partial charge in [-0.1, -0.05) is 18.2 Å². The Hall–Kier alpha value is -3.18. The highest BCUT2D eigenvalue weighted by atomic mass is 16.5. The fourth-order valence-corrected chi connectivity index (χ4v) is 3.34. The average molecular weight is 420 g/mol. The van der Waals surface area contributed by atoms with Crippen LogP contribution in [0.15, 0.2) is 54.6 Å². The van der Waals surface area contributed by atoms with Gasteiger partial charge in [-0.05, 0) is 74.7 Å². The lowest BCUT2D eigenvalue weighted by atomic mass is 9.98. The van der Waals surface area contributed by atoms with Crippen molar-refractivity contribution in [2.24, 2.45) is 0 Å². The summed E-state index contributed by atoms with van der Waals surface area (Å²) in [6.07, 6.45) is 1.35. The second-order valence-corrected chi connectivity index (χ2v) is 8.32. The van der Waals surface area contributed by atoms with Crippen LogP contribution in [0.3, 0.4) is 0 Å². The van der Waals surface area contributed by atoms with Gasteiger partial charge >= 0.3 is 0 Å². The Kier molecular flexibility index (Phi) is 7.08. The highest BCUT2D eigenvalue weighted by molar-refractivity contribution is 5.74. The number of nitrogens with zero attached hydrogens (tertiary/aromatic N) is 1. The molecule has 162 valence electrons. The number of pyridine rings is 1. The van der Waals surface area contributed by atoms with Gasteiger partial charge in [0.2, 0.25) is 5.88 Å². The van der Waals surface area contributed by atoms with Crippen LogP contribution >= 0.6 is 0 Å². The van der Waals surface area contributed by atoms with Crippen molar-refractivity contribution in [1.29, 1.82) is 0 Å². The molecular formula is C26H29NO4. The fraction of sp³-hybridized carbons (Fsp3) is 0.308. The average Bonchev–Trinajstić information content (AvgIpc) is 2.71. The molecule has 0 aliphatic carbocycles. The van der Waals surface area contributed by atoms with Gasteiger partial charge in [0.25, 0.3) is 0 Å². The van der Waals surface area contributed by atoms with Gasteiger partial charge in [0, 0.05) is 29.3 Å². The third kappa shape index (κ3) is 6.40. The first-order valence-electron chi connectivity index (χ1n) is 10.4. The zero-order valence-corrected chi connectivity index (χ0v) is 18.5. The van der Waals surface area contributed by atoms with E-state index in [-0.39, 0.29) is 0 Å². The molecule has 2 aromatic carbocycles. The molecule has 1 heterocycles. The molecule has 0 saturated carbocycles. The molecule has 0 aliphatic heterocycles. The molecule has 5 nitrogen and oxygen atoms in total. The SMILES string of the molecule is Cc1cc(OCCC(C)(C)O)nc(C)c1-c1cccc(COc2ccc(C=O)cc2)c1. The van der Waals surface area contributed by atoms with Gasteiger partial charge in [-0.3, -0.25) is 4.79 Å².